The van der Waals surface area contributed by atoms with Crippen LogP contribution < -0.4 is 20.1 Å². The van der Waals surface area contributed by atoms with Gasteiger partial charge in [0.1, 0.15) is 13.2 Å². The number of nitrogens with one attached hydrogen (secondary N) is 2. The number of aryl methyl sites for hydroxylation is 7. The van der Waals surface area contributed by atoms with Crippen molar-refractivity contribution in [3.8, 4) is 11.5 Å². The van der Waals surface area contributed by atoms with Crippen LogP contribution in [0, 0.1) is 41.5 Å². The minimum atomic E-state index is -0.180. The van der Waals surface area contributed by atoms with E-state index in [4.69, 9.17) is 19.4 Å². The van der Waals surface area contributed by atoms with Crippen LogP contribution in [0.15, 0.2) is 48.5 Å². The van der Waals surface area contributed by atoms with E-state index in [9.17, 15) is 4.79 Å². The highest BCUT2D eigenvalue weighted by atomic mass is 16.5. The molecule has 6 rings (SSSR count). The molecule has 0 saturated carbocycles. The molecule has 0 radical (unpaired) electrons. The number of benzene rings is 2. The van der Waals surface area contributed by atoms with Crippen molar-refractivity contribution in [1.82, 2.24) is 30.2 Å². The van der Waals surface area contributed by atoms with Crippen molar-refractivity contribution >= 4 is 28.6 Å². The molecule has 0 fully saturated rings. The Hall–Kier alpha value is -5.38. The fraction of sp³-hybridized carbons (Fsp3) is 0.350. The number of nitrogens with zero attached hydrogens (tertiary/aromatic N) is 5. The van der Waals surface area contributed by atoms with Gasteiger partial charge >= 0.3 is 0 Å². The molecule has 0 spiro atoms. The minimum absolute atomic E-state index is 0.180. The van der Waals surface area contributed by atoms with Gasteiger partial charge in [-0.25, -0.2) is 0 Å². The topological polar surface area (TPSA) is 124 Å². The Morgan fingerprint density at radius 2 is 1.36 bits per heavy atom. The van der Waals surface area contributed by atoms with Gasteiger partial charge in [-0.05, 0) is 103 Å². The van der Waals surface area contributed by atoms with Gasteiger partial charge in [0.05, 0.1) is 51.1 Å². The maximum atomic E-state index is 12.9. The lowest BCUT2D eigenvalue weighted by molar-refractivity contribution is -0.116. The number of rotatable bonds is 12. The van der Waals surface area contributed by atoms with Crippen LogP contribution in [-0.4, -0.2) is 43.9 Å². The van der Waals surface area contributed by atoms with Gasteiger partial charge in [-0.3, -0.25) is 29.7 Å². The van der Waals surface area contributed by atoms with Gasteiger partial charge in [-0.15, -0.1) is 0 Å². The largest absolute Gasteiger partial charge is 0.483 e. The number of carbonyl (C=O) groups is 1. The molecule has 2 aromatic carbocycles. The fourth-order valence-corrected chi connectivity index (χ4v) is 6.13. The summed E-state index contributed by atoms with van der Waals surface area (Å²) in [5, 5.41) is 7.73. The second kappa shape index (κ2) is 15.4. The van der Waals surface area contributed by atoms with Crippen LogP contribution in [0.25, 0.3) is 17.0 Å². The first-order chi connectivity index (χ1) is 24.2. The van der Waals surface area contributed by atoms with Gasteiger partial charge in [0.25, 0.3) is 0 Å². The summed E-state index contributed by atoms with van der Waals surface area (Å²) in [4.78, 5) is 36.3. The number of fused-ring (bicyclic) bond motifs is 2. The molecule has 0 unspecified atom stereocenters. The molecule has 1 amide bonds. The van der Waals surface area contributed by atoms with Crippen LogP contribution in [0.2, 0.25) is 0 Å². The molecular formula is C40H45N7O3. The maximum Gasteiger partial charge on any atom is 0.244 e. The van der Waals surface area contributed by atoms with Crippen molar-refractivity contribution in [2.24, 2.45) is 0 Å². The third kappa shape index (κ3) is 8.07. The Balaban J connectivity index is 1.12. The second-order valence-corrected chi connectivity index (χ2v) is 12.8. The van der Waals surface area contributed by atoms with Crippen LogP contribution in [-0.2, 0) is 30.8 Å². The number of pyridine rings is 1. The summed E-state index contributed by atoms with van der Waals surface area (Å²) >= 11 is 0. The van der Waals surface area contributed by atoms with Gasteiger partial charge in [0, 0.05) is 35.9 Å². The van der Waals surface area contributed by atoms with Crippen LogP contribution in [0.5, 0.6) is 11.5 Å². The van der Waals surface area contributed by atoms with Crippen molar-refractivity contribution in [3.63, 3.8) is 0 Å². The number of para-hydroxylation sites is 1. The molecule has 50 heavy (non-hydrogen) atoms. The van der Waals surface area contributed by atoms with Crippen LogP contribution in [0.3, 0.4) is 0 Å². The summed E-state index contributed by atoms with van der Waals surface area (Å²) in [5.41, 5.74) is 12.1. The van der Waals surface area contributed by atoms with E-state index >= 15 is 0 Å². The van der Waals surface area contributed by atoms with E-state index in [1.54, 1.807) is 6.08 Å². The van der Waals surface area contributed by atoms with Crippen molar-refractivity contribution in [1.29, 1.82) is 0 Å². The van der Waals surface area contributed by atoms with E-state index in [1.807, 2.05) is 71.9 Å². The van der Waals surface area contributed by atoms with Crippen molar-refractivity contribution in [2.45, 2.75) is 80.4 Å². The lowest BCUT2D eigenvalue weighted by Gasteiger charge is -2.21. The minimum Gasteiger partial charge on any atom is -0.483 e. The number of hydrogen-bond acceptors (Lipinski definition) is 9. The molecule has 2 N–H and O–H groups in total. The molecule has 3 heterocycles. The fourth-order valence-electron chi connectivity index (χ4n) is 6.13. The summed E-state index contributed by atoms with van der Waals surface area (Å²) in [5.74, 6) is 0.900. The molecule has 0 saturated heterocycles. The number of anilines is 1. The smallest absolute Gasteiger partial charge is 0.244 e. The quantitative estimate of drug-likeness (QED) is 0.107. The van der Waals surface area contributed by atoms with Crippen LogP contribution in [0.1, 0.15) is 75.2 Å². The molecular weight excluding hydrogens is 626 g/mol. The summed E-state index contributed by atoms with van der Waals surface area (Å²) in [6, 6.07) is 13.9. The Labute approximate surface area is 293 Å². The standard InChI is InChI=1S/C40H45N7O3/c1-24-26(3)45-35(28(5)43-24)22-49-37-17-15-30(21-38(37)50-23-36-29(6)44-25(2)27(4)46-36)16-18-39(48)41-19-20-42-40-31-11-7-9-13-33(31)47-34-14-10-8-12-32(34)40/h7,9,11,13,15-18,21H,8,10,12,14,19-20,22-23H2,1-6H3,(H,41,48)(H,42,47)/b18-16+. The van der Waals surface area contributed by atoms with Crippen LogP contribution >= 0.6 is 0 Å². The zero-order chi connectivity index (χ0) is 35.2. The maximum absolute atomic E-state index is 12.9. The zero-order valence-electron chi connectivity index (χ0n) is 29.8. The normalized spacial score (nSPS) is 12.6. The average molecular weight is 672 g/mol. The van der Waals surface area contributed by atoms with Gasteiger partial charge in [-0.2, -0.15) is 0 Å². The lowest BCUT2D eigenvalue weighted by atomic mass is 9.92. The lowest BCUT2D eigenvalue weighted by Crippen LogP contribution is -2.27. The van der Waals surface area contributed by atoms with Gasteiger partial charge in [0.2, 0.25) is 5.91 Å². The number of aromatic nitrogens is 5. The zero-order valence-corrected chi connectivity index (χ0v) is 29.8. The Kier molecular flexibility index (Phi) is 10.7. The molecule has 1 aliphatic rings. The highest BCUT2D eigenvalue weighted by Crippen LogP contribution is 2.33. The predicted octanol–water partition coefficient (Wildman–Crippen LogP) is 6.94. The van der Waals surface area contributed by atoms with E-state index in [0.717, 1.165) is 80.5 Å². The summed E-state index contributed by atoms with van der Waals surface area (Å²) < 4.78 is 12.5. The van der Waals surface area contributed by atoms with E-state index < -0.39 is 0 Å². The molecule has 5 aromatic rings. The predicted molar refractivity (Wildman–Crippen MR) is 197 cm³/mol. The summed E-state index contributed by atoms with van der Waals surface area (Å²) in [6.07, 6.45) is 7.69. The van der Waals surface area contributed by atoms with Crippen molar-refractivity contribution in [3.05, 3.63) is 111 Å². The highest BCUT2D eigenvalue weighted by molar-refractivity contribution is 5.94. The van der Waals surface area contributed by atoms with Gasteiger partial charge in [-0.1, -0.05) is 24.3 Å². The first-order valence-corrected chi connectivity index (χ1v) is 17.3. The Morgan fingerprint density at radius 1 is 0.720 bits per heavy atom. The Morgan fingerprint density at radius 3 is 2.08 bits per heavy atom. The van der Waals surface area contributed by atoms with Crippen molar-refractivity contribution < 1.29 is 14.3 Å². The molecule has 258 valence electrons. The number of ether oxygens (including phenoxy) is 2. The van der Waals surface area contributed by atoms with E-state index in [0.29, 0.717) is 24.6 Å². The van der Waals surface area contributed by atoms with Crippen molar-refractivity contribution in [2.75, 3.05) is 18.4 Å². The highest BCUT2D eigenvalue weighted by Gasteiger charge is 2.18. The van der Waals surface area contributed by atoms with E-state index in [-0.39, 0.29) is 19.1 Å². The van der Waals surface area contributed by atoms with E-state index in [2.05, 4.69) is 37.7 Å². The first-order valence-electron chi connectivity index (χ1n) is 17.3. The monoisotopic (exact) mass is 671 g/mol. The molecule has 10 heteroatoms. The first kappa shape index (κ1) is 34.5. The molecule has 0 atom stereocenters. The van der Waals surface area contributed by atoms with Gasteiger partial charge < -0.3 is 20.1 Å². The Bertz CT molecular complexity index is 2080. The molecule has 10 nitrogen and oxygen atoms in total. The van der Waals surface area contributed by atoms with Crippen LogP contribution in [0.4, 0.5) is 5.69 Å². The van der Waals surface area contributed by atoms with E-state index in [1.165, 1.54) is 30.2 Å². The summed E-state index contributed by atoms with van der Waals surface area (Å²) in [6.45, 7) is 13.2. The third-order valence-electron chi connectivity index (χ3n) is 9.18. The number of hydrogen-bond donors (Lipinski definition) is 2. The molecule has 0 bridgehead atoms. The number of amides is 1. The SMILES string of the molecule is Cc1nc(C)c(COc2ccc(/C=C/C(=O)NCCNc3c4c(nc5ccccc35)CCCC4)cc2OCc2nc(C)c(C)nc2C)nc1C. The molecule has 0 aliphatic heterocycles. The second-order valence-electron chi connectivity index (χ2n) is 12.8. The average Bonchev–Trinajstić information content (AvgIpc) is 3.11. The number of carbonyl (C=O) groups excluding carboxylic acids is 1. The third-order valence-corrected chi connectivity index (χ3v) is 9.18. The summed E-state index contributed by atoms with van der Waals surface area (Å²) in [7, 11) is 0. The molecule has 3 aromatic heterocycles. The molecule has 1 aliphatic carbocycles. The van der Waals surface area contributed by atoms with Gasteiger partial charge in [0.15, 0.2) is 11.5 Å².